The average Bonchev–Trinajstić information content (AvgIpc) is 3.18. The number of carbonyl (C=O) groups is 1. The van der Waals surface area contributed by atoms with Gasteiger partial charge in [0.15, 0.2) is 0 Å². The van der Waals surface area contributed by atoms with Gasteiger partial charge in [0.1, 0.15) is 0 Å². The summed E-state index contributed by atoms with van der Waals surface area (Å²) in [7, 11) is 0. The molecule has 2 heterocycles. The number of anilines is 3. The van der Waals surface area contributed by atoms with Crippen LogP contribution in [0.2, 0.25) is 0 Å². The fraction of sp³-hybridized carbons (Fsp3) is 0.476. The number of aromatic nitrogens is 2. The molecule has 1 fully saturated rings. The van der Waals surface area contributed by atoms with E-state index in [4.69, 9.17) is 0 Å². The molecule has 0 bridgehead atoms. The van der Waals surface area contributed by atoms with Crippen LogP contribution in [0.15, 0.2) is 24.3 Å². The van der Waals surface area contributed by atoms with Gasteiger partial charge in [-0.2, -0.15) is 13.2 Å². The number of halogens is 3. The van der Waals surface area contributed by atoms with E-state index in [9.17, 15) is 18.0 Å². The number of nitrogens with one attached hydrogen (secondary N) is 2. The smallest absolute Gasteiger partial charge is 0.370 e. The Balaban J connectivity index is 1.60. The summed E-state index contributed by atoms with van der Waals surface area (Å²) in [4.78, 5) is 22.9. The summed E-state index contributed by atoms with van der Waals surface area (Å²) in [5.41, 5.74) is 1.77. The monoisotopic (exact) mass is 421 g/mol. The second-order valence-electron chi connectivity index (χ2n) is 7.48. The maximum absolute atomic E-state index is 13.1. The normalized spacial score (nSPS) is 14.1. The zero-order chi connectivity index (χ0) is 21.7. The van der Waals surface area contributed by atoms with Gasteiger partial charge in [-0.25, -0.2) is 9.97 Å². The third kappa shape index (κ3) is 5.84. The summed E-state index contributed by atoms with van der Waals surface area (Å²) in [6.45, 7) is 5.78. The van der Waals surface area contributed by atoms with Gasteiger partial charge in [0, 0.05) is 37.4 Å². The number of alkyl halides is 3. The summed E-state index contributed by atoms with van der Waals surface area (Å²) >= 11 is 0. The van der Waals surface area contributed by atoms with Crippen molar-refractivity contribution >= 4 is 23.2 Å². The Morgan fingerprint density at radius 3 is 2.40 bits per heavy atom. The molecule has 9 heteroatoms. The van der Waals surface area contributed by atoms with Crippen molar-refractivity contribution in [2.24, 2.45) is 0 Å². The van der Waals surface area contributed by atoms with Crippen LogP contribution >= 0.6 is 0 Å². The minimum atomic E-state index is -4.46. The lowest BCUT2D eigenvalue weighted by Crippen LogP contribution is -2.22. The van der Waals surface area contributed by atoms with Crippen LogP contribution in [-0.2, 0) is 11.0 Å². The molecule has 6 nitrogen and oxygen atoms in total. The molecule has 0 aliphatic carbocycles. The van der Waals surface area contributed by atoms with Gasteiger partial charge >= 0.3 is 6.18 Å². The highest BCUT2D eigenvalue weighted by Gasteiger charge is 2.32. The molecule has 0 atom stereocenters. The van der Waals surface area contributed by atoms with E-state index in [2.05, 4.69) is 20.6 Å². The molecule has 0 spiro atoms. The van der Waals surface area contributed by atoms with Gasteiger partial charge in [0.2, 0.25) is 11.9 Å². The van der Waals surface area contributed by atoms with Gasteiger partial charge in [-0.1, -0.05) is 0 Å². The van der Waals surface area contributed by atoms with Gasteiger partial charge in [-0.05, 0) is 57.4 Å². The zero-order valence-electron chi connectivity index (χ0n) is 17.1. The van der Waals surface area contributed by atoms with Crippen LogP contribution in [0.1, 0.15) is 42.6 Å². The van der Waals surface area contributed by atoms with Crippen molar-refractivity contribution in [1.82, 2.24) is 9.97 Å². The van der Waals surface area contributed by atoms with Crippen molar-refractivity contribution in [3.05, 3.63) is 41.2 Å². The Kier molecular flexibility index (Phi) is 6.79. The van der Waals surface area contributed by atoms with E-state index in [-0.39, 0.29) is 18.0 Å². The molecule has 0 radical (unpaired) electrons. The van der Waals surface area contributed by atoms with Crippen LogP contribution in [0.4, 0.5) is 30.5 Å². The minimum absolute atomic E-state index is 0.174. The van der Waals surface area contributed by atoms with Crippen molar-refractivity contribution in [1.29, 1.82) is 0 Å². The molecular weight excluding hydrogens is 395 g/mol. The number of nitrogens with zero attached hydrogens (tertiary/aromatic N) is 3. The SMILES string of the molecule is Cc1cc(C)nc(NCCCC(=O)Nc2cc(C(F)(F)F)ccc2N2CCCC2)n1. The van der Waals surface area contributed by atoms with Crippen molar-refractivity contribution in [2.75, 3.05) is 35.2 Å². The average molecular weight is 421 g/mol. The van der Waals surface area contributed by atoms with E-state index in [1.165, 1.54) is 6.07 Å². The van der Waals surface area contributed by atoms with Crippen LogP contribution in [0.5, 0.6) is 0 Å². The molecule has 30 heavy (non-hydrogen) atoms. The molecule has 1 aromatic carbocycles. The molecule has 2 N–H and O–H groups in total. The molecule has 1 aliphatic heterocycles. The number of hydrogen-bond acceptors (Lipinski definition) is 5. The van der Waals surface area contributed by atoms with Crippen molar-refractivity contribution in [3.63, 3.8) is 0 Å². The highest BCUT2D eigenvalue weighted by atomic mass is 19.4. The van der Waals surface area contributed by atoms with E-state index in [1.54, 1.807) is 0 Å². The van der Waals surface area contributed by atoms with Crippen LogP contribution < -0.4 is 15.5 Å². The van der Waals surface area contributed by atoms with E-state index in [0.29, 0.717) is 24.6 Å². The summed E-state index contributed by atoms with van der Waals surface area (Å²) < 4.78 is 39.4. The highest BCUT2D eigenvalue weighted by molar-refractivity contribution is 5.94. The summed E-state index contributed by atoms with van der Waals surface area (Å²) in [6, 6.07) is 5.40. The van der Waals surface area contributed by atoms with Gasteiger partial charge in [0.05, 0.1) is 16.9 Å². The first-order valence-electron chi connectivity index (χ1n) is 10.0. The molecule has 1 saturated heterocycles. The van der Waals surface area contributed by atoms with Crippen molar-refractivity contribution in [3.8, 4) is 0 Å². The molecule has 3 rings (SSSR count). The molecule has 162 valence electrons. The van der Waals surface area contributed by atoms with E-state index in [0.717, 1.165) is 49.5 Å². The lowest BCUT2D eigenvalue weighted by atomic mass is 10.1. The second kappa shape index (κ2) is 9.32. The molecule has 1 aliphatic rings. The fourth-order valence-corrected chi connectivity index (χ4v) is 3.51. The van der Waals surface area contributed by atoms with E-state index >= 15 is 0 Å². The molecule has 2 aromatic rings. The molecule has 0 unspecified atom stereocenters. The number of amides is 1. The zero-order valence-corrected chi connectivity index (χ0v) is 17.1. The van der Waals surface area contributed by atoms with Crippen molar-refractivity contribution < 1.29 is 18.0 Å². The Labute approximate surface area is 173 Å². The maximum atomic E-state index is 13.1. The molecule has 1 aromatic heterocycles. The number of carbonyl (C=O) groups excluding carboxylic acids is 1. The summed E-state index contributed by atoms with van der Waals surface area (Å²) in [5, 5.41) is 5.75. The maximum Gasteiger partial charge on any atom is 0.416 e. The van der Waals surface area contributed by atoms with Gasteiger partial charge < -0.3 is 15.5 Å². The second-order valence-corrected chi connectivity index (χ2v) is 7.48. The van der Waals surface area contributed by atoms with Crippen LogP contribution in [-0.4, -0.2) is 35.5 Å². The van der Waals surface area contributed by atoms with Crippen LogP contribution in [0, 0.1) is 13.8 Å². The standard InChI is InChI=1S/C21H26F3N5O/c1-14-12-15(2)27-20(26-14)25-9-5-6-19(30)28-17-13-16(21(22,23)24)7-8-18(17)29-10-3-4-11-29/h7-8,12-13H,3-6,9-11H2,1-2H3,(H,28,30)(H,25,26,27). The predicted octanol–water partition coefficient (Wildman–Crippen LogP) is 4.54. The molecule has 1 amide bonds. The van der Waals surface area contributed by atoms with E-state index < -0.39 is 11.7 Å². The van der Waals surface area contributed by atoms with Gasteiger partial charge in [-0.3, -0.25) is 4.79 Å². The molecular formula is C21H26F3N5O. The largest absolute Gasteiger partial charge is 0.416 e. The first-order valence-corrected chi connectivity index (χ1v) is 10.0. The first-order chi connectivity index (χ1) is 14.2. The Hall–Kier alpha value is -2.84. The predicted molar refractivity (Wildman–Crippen MR) is 111 cm³/mol. The number of hydrogen-bond donors (Lipinski definition) is 2. The number of benzene rings is 1. The topological polar surface area (TPSA) is 70.2 Å². The third-order valence-corrected chi connectivity index (χ3v) is 4.89. The summed E-state index contributed by atoms with van der Waals surface area (Å²) in [5.74, 6) is 0.181. The number of rotatable bonds is 7. The summed E-state index contributed by atoms with van der Waals surface area (Å²) in [6.07, 6.45) is -1.81. The Morgan fingerprint density at radius 1 is 1.10 bits per heavy atom. The van der Waals surface area contributed by atoms with Crippen LogP contribution in [0.25, 0.3) is 0 Å². The Morgan fingerprint density at radius 2 is 1.77 bits per heavy atom. The number of aryl methyl sites for hydroxylation is 2. The van der Waals surface area contributed by atoms with E-state index in [1.807, 2.05) is 24.8 Å². The minimum Gasteiger partial charge on any atom is -0.370 e. The third-order valence-electron chi connectivity index (χ3n) is 4.89. The quantitative estimate of drug-likeness (QED) is 0.642. The lowest BCUT2D eigenvalue weighted by Gasteiger charge is -2.23. The van der Waals surface area contributed by atoms with Crippen molar-refractivity contribution in [2.45, 2.75) is 45.7 Å². The molecule has 0 saturated carbocycles. The van der Waals surface area contributed by atoms with Gasteiger partial charge in [0.25, 0.3) is 0 Å². The Bertz CT molecular complexity index is 874. The first kappa shape index (κ1) is 21.9. The fourth-order valence-electron chi connectivity index (χ4n) is 3.51. The highest BCUT2D eigenvalue weighted by Crippen LogP contribution is 2.36. The van der Waals surface area contributed by atoms with Gasteiger partial charge in [-0.15, -0.1) is 0 Å². The lowest BCUT2D eigenvalue weighted by molar-refractivity contribution is -0.137. The van der Waals surface area contributed by atoms with Crippen LogP contribution in [0.3, 0.4) is 0 Å².